The van der Waals surface area contributed by atoms with Gasteiger partial charge in [-0.2, -0.15) is 0 Å². The van der Waals surface area contributed by atoms with Crippen molar-refractivity contribution in [1.29, 1.82) is 0 Å². The van der Waals surface area contributed by atoms with E-state index in [1.165, 1.54) is 12.0 Å². The van der Waals surface area contributed by atoms with Crippen LogP contribution in [0.15, 0.2) is 24.0 Å². The Kier molecular flexibility index (Phi) is 8.14. The third kappa shape index (κ3) is 5.61. The Labute approximate surface area is 164 Å². The van der Waals surface area contributed by atoms with Crippen molar-refractivity contribution in [1.82, 2.24) is 4.90 Å². The molecule has 0 unspecified atom stereocenters. The number of hydrogen-bond acceptors (Lipinski definition) is 5. The third-order valence-electron chi connectivity index (χ3n) is 5.00. The first-order valence-electron chi connectivity index (χ1n) is 9.67. The summed E-state index contributed by atoms with van der Waals surface area (Å²) < 4.78 is 17.1. The van der Waals surface area contributed by atoms with Crippen molar-refractivity contribution in [3.8, 4) is 0 Å². The highest BCUT2D eigenvalue weighted by Gasteiger charge is 2.45. The van der Waals surface area contributed by atoms with Gasteiger partial charge in [0.15, 0.2) is 6.04 Å². The fraction of sp³-hybridized carbons (Fsp3) is 0.700. The van der Waals surface area contributed by atoms with Crippen LogP contribution in [0.2, 0.25) is 18.1 Å². The minimum Gasteiger partial charge on any atom is -0.545 e. The molecule has 1 aliphatic rings. The lowest BCUT2D eigenvalue weighted by Crippen LogP contribution is -2.45. The molecule has 0 aliphatic carbocycles. The molecule has 0 radical (unpaired) electrons. The number of esters is 1. The Morgan fingerprint density at radius 3 is 2.19 bits per heavy atom. The number of hydrogen-bond donors (Lipinski definition) is 0. The molecule has 7 heteroatoms. The monoisotopic (exact) mass is 397 g/mol. The SMILES string of the molecule is C=CCC1=C(O[Si](CC)(CC)CC)CN(C(=O)OC(C)(C)C)[C@@H]1C(=O)OC. The minimum atomic E-state index is -1.96. The number of methoxy groups -OCH3 is 1. The Morgan fingerprint density at radius 2 is 1.78 bits per heavy atom. The maximum absolute atomic E-state index is 12.8. The molecule has 1 heterocycles. The van der Waals surface area contributed by atoms with Crippen molar-refractivity contribution < 1.29 is 23.5 Å². The van der Waals surface area contributed by atoms with E-state index in [0.29, 0.717) is 12.2 Å². The highest BCUT2D eigenvalue weighted by atomic mass is 28.4. The standard InChI is InChI=1S/C20H35NO5Si/c1-9-13-15-16(26-27(10-2,11-3)12-4)14-21(17(15)18(22)24-8)19(23)25-20(5,6)7/h9,17H,1,10-14H2,2-8H3/t17-/m0/s1. The summed E-state index contributed by atoms with van der Waals surface area (Å²) in [6.07, 6.45) is 1.63. The lowest BCUT2D eigenvalue weighted by atomic mass is 10.1. The van der Waals surface area contributed by atoms with Gasteiger partial charge in [0.05, 0.1) is 13.7 Å². The zero-order chi connectivity index (χ0) is 20.8. The second kappa shape index (κ2) is 9.44. The number of allylic oxidation sites excluding steroid dienone is 1. The van der Waals surface area contributed by atoms with E-state index >= 15 is 0 Å². The summed E-state index contributed by atoms with van der Waals surface area (Å²) in [7, 11) is -0.639. The molecule has 154 valence electrons. The predicted octanol–water partition coefficient (Wildman–Crippen LogP) is 4.63. The Balaban J connectivity index is 3.32. The maximum atomic E-state index is 12.8. The third-order valence-corrected chi connectivity index (χ3v) is 9.55. The summed E-state index contributed by atoms with van der Waals surface area (Å²) in [5.74, 6) is 0.210. The molecule has 6 nitrogen and oxygen atoms in total. The van der Waals surface area contributed by atoms with Gasteiger partial charge in [0.1, 0.15) is 11.4 Å². The minimum absolute atomic E-state index is 0.215. The predicted molar refractivity (Wildman–Crippen MR) is 109 cm³/mol. The number of amides is 1. The molecular formula is C20H35NO5Si. The van der Waals surface area contributed by atoms with Crippen LogP contribution in [0.1, 0.15) is 48.0 Å². The van der Waals surface area contributed by atoms with Crippen LogP contribution in [0.3, 0.4) is 0 Å². The van der Waals surface area contributed by atoms with Gasteiger partial charge in [-0.1, -0.05) is 26.8 Å². The molecular weight excluding hydrogens is 362 g/mol. The Hall–Kier alpha value is -1.76. The zero-order valence-corrected chi connectivity index (χ0v) is 18.9. The van der Waals surface area contributed by atoms with Crippen LogP contribution in [-0.2, 0) is 18.7 Å². The smallest absolute Gasteiger partial charge is 0.411 e. The average molecular weight is 398 g/mol. The number of carbonyl (C=O) groups excluding carboxylic acids is 2. The summed E-state index contributed by atoms with van der Waals surface area (Å²) in [6.45, 7) is 15.8. The molecule has 1 amide bonds. The summed E-state index contributed by atoms with van der Waals surface area (Å²) in [6, 6.07) is 2.08. The Morgan fingerprint density at radius 1 is 1.22 bits per heavy atom. The van der Waals surface area contributed by atoms with Crippen LogP contribution in [0.5, 0.6) is 0 Å². The van der Waals surface area contributed by atoms with Crippen LogP contribution in [-0.4, -0.2) is 50.6 Å². The molecule has 27 heavy (non-hydrogen) atoms. The van der Waals surface area contributed by atoms with E-state index in [0.717, 1.165) is 23.7 Å². The molecule has 0 aromatic heterocycles. The van der Waals surface area contributed by atoms with Crippen molar-refractivity contribution in [2.45, 2.75) is 77.7 Å². The van der Waals surface area contributed by atoms with Gasteiger partial charge in [-0.05, 0) is 45.3 Å². The molecule has 0 aromatic rings. The van der Waals surface area contributed by atoms with Gasteiger partial charge in [0, 0.05) is 5.57 Å². The topological polar surface area (TPSA) is 65.1 Å². The first-order valence-corrected chi connectivity index (χ1v) is 12.2. The molecule has 0 saturated carbocycles. The highest BCUT2D eigenvalue weighted by molar-refractivity contribution is 6.73. The van der Waals surface area contributed by atoms with Gasteiger partial charge in [-0.3, -0.25) is 4.90 Å². The van der Waals surface area contributed by atoms with Gasteiger partial charge in [-0.15, -0.1) is 6.58 Å². The maximum Gasteiger partial charge on any atom is 0.411 e. The molecule has 0 bridgehead atoms. The Bertz CT molecular complexity index is 581. The van der Waals surface area contributed by atoms with Gasteiger partial charge in [0.2, 0.25) is 8.32 Å². The second-order valence-corrected chi connectivity index (χ2v) is 12.5. The molecule has 0 N–H and O–H groups in total. The summed E-state index contributed by atoms with van der Waals surface area (Å²) in [4.78, 5) is 26.7. The molecule has 0 spiro atoms. The fourth-order valence-corrected chi connectivity index (χ4v) is 5.92. The summed E-state index contributed by atoms with van der Waals surface area (Å²) in [5.41, 5.74) is 0.0873. The van der Waals surface area contributed by atoms with Crippen molar-refractivity contribution in [2.24, 2.45) is 0 Å². The summed E-state index contributed by atoms with van der Waals surface area (Å²) in [5, 5.41) is 0. The normalized spacial score (nSPS) is 17.7. The van der Waals surface area contributed by atoms with E-state index in [1.807, 2.05) is 0 Å². The van der Waals surface area contributed by atoms with Crippen molar-refractivity contribution in [2.75, 3.05) is 13.7 Å². The van der Waals surface area contributed by atoms with Crippen LogP contribution in [0.25, 0.3) is 0 Å². The zero-order valence-electron chi connectivity index (χ0n) is 17.9. The molecule has 0 fully saturated rings. The van der Waals surface area contributed by atoms with Gasteiger partial charge < -0.3 is 13.9 Å². The van der Waals surface area contributed by atoms with E-state index in [4.69, 9.17) is 13.9 Å². The first kappa shape index (κ1) is 23.3. The first-order chi connectivity index (χ1) is 12.6. The van der Waals surface area contributed by atoms with E-state index in [-0.39, 0.29) is 6.54 Å². The van der Waals surface area contributed by atoms with Crippen molar-refractivity contribution in [3.63, 3.8) is 0 Å². The lowest BCUT2D eigenvalue weighted by Gasteiger charge is -2.30. The summed E-state index contributed by atoms with van der Waals surface area (Å²) >= 11 is 0. The van der Waals surface area contributed by atoms with E-state index in [2.05, 4.69) is 27.4 Å². The van der Waals surface area contributed by atoms with Gasteiger partial charge in [-0.25, -0.2) is 9.59 Å². The highest BCUT2D eigenvalue weighted by Crippen LogP contribution is 2.35. The number of carbonyl (C=O) groups is 2. The molecule has 1 atom stereocenters. The van der Waals surface area contributed by atoms with E-state index in [9.17, 15) is 9.59 Å². The van der Waals surface area contributed by atoms with Crippen molar-refractivity contribution in [3.05, 3.63) is 24.0 Å². The molecule has 1 rings (SSSR count). The van der Waals surface area contributed by atoms with E-state index in [1.54, 1.807) is 26.8 Å². The number of ether oxygens (including phenoxy) is 2. The number of rotatable bonds is 8. The quantitative estimate of drug-likeness (QED) is 0.339. The molecule has 0 saturated heterocycles. The average Bonchev–Trinajstić information content (AvgIpc) is 2.96. The lowest BCUT2D eigenvalue weighted by molar-refractivity contribution is -0.144. The largest absolute Gasteiger partial charge is 0.545 e. The van der Waals surface area contributed by atoms with Crippen LogP contribution < -0.4 is 0 Å². The van der Waals surface area contributed by atoms with Gasteiger partial charge >= 0.3 is 12.1 Å². The van der Waals surface area contributed by atoms with Crippen LogP contribution in [0, 0.1) is 0 Å². The number of nitrogens with zero attached hydrogens (tertiary/aromatic N) is 1. The fourth-order valence-electron chi connectivity index (χ4n) is 3.27. The molecule has 0 aromatic carbocycles. The second-order valence-electron chi connectivity index (χ2n) is 7.82. The van der Waals surface area contributed by atoms with Crippen LogP contribution >= 0.6 is 0 Å². The van der Waals surface area contributed by atoms with Gasteiger partial charge in [0.25, 0.3) is 0 Å². The van der Waals surface area contributed by atoms with Crippen LogP contribution in [0.4, 0.5) is 4.79 Å². The van der Waals surface area contributed by atoms with Crippen molar-refractivity contribution >= 4 is 20.4 Å². The van der Waals surface area contributed by atoms with E-state index < -0.39 is 32.0 Å². The molecule has 1 aliphatic heterocycles.